The summed E-state index contributed by atoms with van der Waals surface area (Å²) in [6.45, 7) is -3.14. The predicted molar refractivity (Wildman–Crippen MR) is 101 cm³/mol. The zero-order valence-corrected chi connectivity index (χ0v) is 17.8. The molecule has 200 valence electrons. The van der Waals surface area contributed by atoms with Crippen LogP contribution < -0.4 is 0 Å². The van der Waals surface area contributed by atoms with Crippen LogP contribution in [-0.4, -0.2) is 168 Å². The van der Waals surface area contributed by atoms with Gasteiger partial charge >= 0.3 is 0 Å². The normalized spacial score (nSPS) is 52.1. The first-order valence-corrected chi connectivity index (χ1v) is 10.6. The maximum atomic E-state index is 10.3. The van der Waals surface area contributed by atoms with Crippen molar-refractivity contribution in [3.05, 3.63) is 0 Å². The standard InChI is InChI=1S/C18H32O16/c19-1-5-8(22)11(25)13(27)16(31-5)30-3-7-9(23)12(26)14(28)17(32-7)34-18(4-21)15(29)10(24)6(2-20)33-18/h5-17,19-29H,1-4H2/t5-,6+,7-,8+,9-,10+,11+,12+,13-,14-,15-,16+,17+,18-/m1/s1. The summed E-state index contributed by atoms with van der Waals surface area (Å²) in [4.78, 5) is 0. The summed E-state index contributed by atoms with van der Waals surface area (Å²) in [6.07, 6.45) is -21.8. The van der Waals surface area contributed by atoms with Crippen LogP contribution in [0.4, 0.5) is 0 Å². The van der Waals surface area contributed by atoms with Crippen LogP contribution in [-0.2, 0) is 23.7 Å². The summed E-state index contributed by atoms with van der Waals surface area (Å²) in [5.41, 5.74) is 0. The molecule has 0 aliphatic carbocycles. The Morgan fingerprint density at radius 1 is 0.588 bits per heavy atom. The Hall–Kier alpha value is -0.640. The molecule has 0 aromatic heterocycles. The molecule has 3 aliphatic heterocycles. The van der Waals surface area contributed by atoms with Gasteiger partial charge in [-0.1, -0.05) is 0 Å². The molecular formula is C18H32O16. The molecule has 0 unspecified atom stereocenters. The molecule has 11 N–H and O–H groups in total. The summed E-state index contributed by atoms with van der Waals surface area (Å²) >= 11 is 0. The molecule has 34 heavy (non-hydrogen) atoms. The lowest BCUT2D eigenvalue weighted by molar-refractivity contribution is -0.388. The van der Waals surface area contributed by atoms with Gasteiger partial charge in [0.05, 0.1) is 19.8 Å². The molecule has 3 aliphatic rings. The van der Waals surface area contributed by atoms with E-state index in [1.165, 1.54) is 0 Å². The number of rotatable bonds is 8. The van der Waals surface area contributed by atoms with Crippen LogP contribution in [0.2, 0.25) is 0 Å². The number of hydrogen-bond donors (Lipinski definition) is 11. The van der Waals surface area contributed by atoms with E-state index in [0.717, 1.165) is 0 Å². The maximum absolute atomic E-state index is 10.3. The van der Waals surface area contributed by atoms with Crippen molar-refractivity contribution in [2.75, 3.05) is 26.4 Å². The van der Waals surface area contributed by atoms with E-state index in [2.05, 4.69) is 0 Å². The highest BCUT2D eigenvalue weighted by atomic mass is 16.8. The number of ether oxygens (including phenoxy) is 5. The Balaban J connectivity index is 1.69. The van der Waals surface area contributed by atoms with Gasteiger partial charge in [0.2, 0.25) is 5.79 Å². The Morgan fingerprint density at radius 3 is 1.65 bits per heavy atom. The average Bonchev–Trinajstić information content (AvgIpc) is 3.08. The first-order valence-electron chi connectivity index (χ1n) is 10.6. The molecule has 14 atom stereocenters. The fraction of sp³-hybridized carbons (Fsp3) is 1.00. The molecule has 3 saturated heterocycles. The van der Waals surface area contributed by atoms with Gasteiger partial charge in [-0.15, -0.1) is 0 Å². The van der Waals surface area contributed by atoms with Crippen molar-refractivity contribution < 1.29 is 79.9 Å². The lowest BCUT2D eigenvalue weighted by atomic mass is 9.98. The van der Waals surface area contributed by atoms with Crippen LogP contribution in [0.3, 0.4) is 0 Å². The monoisotopic (exact) mass is 504 g/mol. The van der Waals surface area contributed by atoms with Crippen LogP contribution in [0.15, 0.2) is 0 Å². The quantitative estimate of drug-likeness (QED) is 0.146. The second kappa shape index (κ2) is 11.2. The topological polar surface area (TPSA) is 269 Å². The zero-order chi connectivity index (χ0) is 25.4. The lowest BCUT2D eigenvalue weighted by Gasteiger charge is -2.44. The minimum absolute atomic E-state index is 0.634. The largest absolute Gasteiger partial charge is 0.394 e. The highest BCUT2D eigenvalue weighted by Crippen LogP contribution is 2.36. The maximum Gasteiger partial charge on any atom is 0.224 e. The van der Waals surface area contributed by atoms with E-state index >= 15 is 0 Å². The van der Waals surface area contributed by atoms with Gasteiger partial charge in [-0.25, -0.2) is 0 Å². The summed E-state index contributed by atoms with van der Waals surface area (Å²) < 4.78 is 26.4. The molecule has 0 radical (unpaired) electrons. The van der Waals surface area contributed by atoms with E-state index in [1.807, 2.05) is 0 Å². The molecule has 0 saturated carbocycles. The van der Waals surface area contributed by atoms with Crippen LogP contribution in [0, 0.1) is 0 Å². The third kappa shape index (κ3) is 5.09. The first-order chi connectivity index (χ1) is 16.0. The Kier molecular flexibility index (Phi) is 9.18. The fourth-order valence-corrected chi connectivity index (χ4v) is 4.01. The zero-order valence-electron chi connectivity index (χ0n) is 17.8. The van der Waals surface area contributed by atoms with E-state index in [0.29, 0.717) is 0 Å². The predicted octanol–water partition coefficient (Wildman–Crippen LogP) is -7.57. The van der Waals surface area contributed by atoms with Gasteiger partial charge in [-0.3, -0.25) is 0 Å². The summed E-state index contributed by atoms with van der Waals surface area (Å²) in [5, 5.41) is 109. The van der Waals surface area contributed by atoms with Gasteiger partial charge in [0, 0.05) is 0 Å². The number of hydrogen-bond acceptors (Lipinski definition) is 16. The minimum atomic E-state index is -2.36. The van der Waals surface area contributed by atoms with Crippen LogP contribution >= 0.6 is 0 Å². The van der Waals surface area contributed by atoms with Crippen LogP contribution in [0.5, 0.6) is 0 Å². The van der Waals surface area contributed by atoms with Gasteiger partial charge in [0.15, 0.2) is 12.6 Å². The molecule has 0 bridgehead atoms. The van der Waals surface area contributed by atoms with Crippen molar-refractivity contribution in [1.29, 1.82) is 0 Å². The second-order valence-corrected chi connectivity index (χ2v) is 8.41. The van der Waals surface area contributed by atoms with E-state index in [-0.39, 0.29) is 0 Å². The number of aliphatic hydroxyl groups excluding tert-OH is 11. The lowest BCUT2D eigenvalue weighted by Crippen LogP contribution is -2.63. The van der Waals surface area contributed by atoms with Gasteiger partial charge in [-0.2, -0.15) is 0 Å². The van der Waals surface area contributed by atoms with E-state index in [9.17, 15) is 56.2 Å². The first kappa shape index (κ1) is 27.9. The molecule has 0 amide bonds. The Bertz CT molecular complexity index is 653. The van der Waals surface area contributed by atoms with E-state index < -0.39 is 112 Å². The highest BCUT2D eigenvalue weighted by molar-refractivity contribution is 4.98. The SMILES string of the molecule is OC[C@@H]1O[C@](CO)(O[C@@H]2O[C@H](CO[C@H]3O[C@H](CO)[C@H](O)[C@H](O)[C@H]3O)[C@@H](O)[C@H](O)[C@H]2O)[C@H](O)[C@H]1O. The third-order valence-electron chi connectivity index (χ3n) is 6.16. The van der Waals surface area contributed by atoms with Crippen molar-refractivity contribution in [3.63, 3.8) is 0 Å². The number of aliphatic hydroxyl groups is 11. The van der Waals surface area contributed by atoms with Crippen molar-refractivity contribution >= 4 is 0 Å². The van der Waals surface area contributed by atoms with Crippen LogP contribution in [0.25, 0.3) is 0 Å². The van der Waals surface area contributed by atoms with Crippen molar-refractivity contribution in [3.8, 4) is 0 Å². The van der Waals surface area contributed by atoms with Gasteiger partial charge < -0.3 is 79.9 Å². The molecule has 3 fully saturated rings. The van der Waals surface area contributed by atoms with Gasteiger partial charge in [0.25, 0.3) is 0 Å². The molecular weight excluding hydrogens is 472 g/mol. The Morgan fingerprint density at radius 2 is 1.12 bits per heavy atom. The summed E-state index contributed by atoms with van der Waals surface area (Å²) in [6, 6.07) is 0. The van der Waals surface area contributed by atoms with Gasteiger partial charge in [0.1, 0.15) is 73.8 Å². The van der Waals surface area contributed by atoms with E-state index in [1.54, 1.807) is 0 Å². The molecule has 0 aromatic carbocycles. The second-order valence-electron chi connectivity index (χ2n) is 8.41. The minimum Gasteiger partial charge on any atom is -0.394 e. The van der Waals surface area contributed by atoms with Gasteiger partial charge in [-0.05, 0) is 0 Å². The smallest absolute Gasteiger partial charge is 0.224 e. The highest BCUT2D eigenvalue weighted by Gasteiger charge is 2.58. The average molecular weight is 504 g/mol. The molecule has 0 spiro atoms. The molecule has 16 heteroatoms. The van der Waals surface area contributed by atoms with Crippen molar-refractivity contribution in [2.45, 2.75) is 85.5 Å². The molecule has 16 nitrogen and oxygen atoms in total. The van der Waals surface area contributed by atoms with Crippen LogP contribution in [0.1, 0.15) is 0 Å². The molecule has 0 aromatic rings. The molecule has 3 rings (SSSR count). The van der Waals surface area contributed by atoms with Crippen molar-refractivity contribution in [2.24, 2.45) is 0 Å². The van der Waals surface area contributed by atoms with E-state index in [4.69, 9.17) is 23.7 Å². The summed E-state index contributed by atoms with van der Waals surface area (Å²) in [5.74, 6) is -2.36. The molecule has 3 heterocycles. The fourth-order valence-electron chi connectivity index (χ4n) is 4.01. The third-order valence-corrected chi connectivity index (χ3v) is 6.16. The van der Waals surface area contributed by atoms with Crippen molar-refractivity contribution in [1.82, 2.24) is 0 Å². The summed E-state index contributed by atoms with van der Waals surface area (Å²) in [7, 11) is 0. The Labute approximate surface area is 192 Å².